The SMILES string of the molecule is CCCCCNS(=O)(=O)N1CCCC(C)C1. The molecule has 1 aliphatic rings. The van der Waals surface area contributed by atoms with Crippen molar-refractivity contribution >= 4 is 10.2 Å². The van der Waals surface area contributed by atoms with Gasteiger partial charge in [0.25, 0.3) is 10.2 Å². The summed E-state index contributed by atoms with van der Waals surface area (Å²) >= 11 is 0. The molecule has 0 amide bonds. The first-order valence-corrected chi connectivity index (χ1v) is 7.75. The number of nitrogens with one attached hydrogen (secondary N) is 1. The van der Waals surface area contributed by atoms with Gasteiger partial charge in [-0.3, -0.25) is 0 Å². The Morgan fingerprint density at radius 2 is 2.12 bits per heavy atom. The summed E-state index contributed by atoms with van der Waals surface area (Å²) in [5, 5.41) is 0. The summed E-state index contributed by atoms with van der Waals surface area (Å²) in [4.78, 5) is 0. The van der Waals surface area contributed by atoms with Crippen molar-refractivity contribution in [1.82, 2.24) is 9.03 Å². The maximum absolute atomic E-state index is 11.9. The van der Waals surface area contributed by atoms with Crippen molar-refractivity contribution in [3.63, 3.8) is 0 Å². The third-order valence-electron chi connectivity index (χ3n) is 3.02. The molecule has 5 heteroatoms. The Balaban J connectivity index is 2.37. The van der Waals surface area contributed by atoms with E-state index in [0.717, 1.165) is 32.1 Å². The second-order valence-corrected chi connectivity index (χ2v) is 6.47. The molecular formula is C11H24N2O2S. The summed E-state index contributed by atoms with van der Waals surface area (Å²) in [7, 11) is -3.21. The Bertz CT molecular complexity index is 290. The Morgan fingerprint density at radius 3 is 2.75 bits per heavy atom. The summed E-state index contributed by atoms with van der Waals surface area (Å²) in [6, 6.07) is 0. The van der Waals surface area contributed by atoms with Gasteiger partial charge in [-0.25, -0.2) is 4.72 Å². The molecular weight excluding hydrogens is 224 g/mol. The number of hydrogen-bond donors (Lipinski definition) is 1. The van der Waals surface area contributed by atoms with Crippen molar-refractivity contribution < 1.29 is 8.42 Å². The highest BCUT2D eigenvalue weighted by Crippen LogP contribution is 2.17. The first-order valence-electron chi connectivity index (χ1n) is 6.31. The highest BCUT2D eigenvalue weighted by atomic mass is 32.2. The molecule has 1 heterocycles. The largest absolute Gasteiger partial charge is 0.279 e. The van der Waals surface area contributed by atoms with Gasteiger partial charge in [-0.15, -0.1) is 0 Å². The van der Waals surface area contributed by atoms with Crippen LogP contribution in [0.15, 0.2) is 0 Å². The van der Waals surface area contributed by atoms with E-state index < -0.39 is 10.2 Å². The number of unbranched alkanes of at least 4 members (excludes halogenated alkanes) is 2. The number of rotatable bonds is 6. The summed E-state index contributed by atoms with van der Waals surface area (Å²) < 4.78 is 28.1. The zero-order valence-electron chi connectivity index (χ0n) is 10.4. The normalized spacial score (nSPS) is 23.5. The van der Waals surface area contributed by atoms with Crippen LogP contribution in [0, 0.1) is 5.92 Å². The predicted octanol–water partition coefficient (Wildman–Crippen LogP) is 1.74. The van der Waals surface area contributed by atoms with Gasteiger partial charge in [0.1, 0.15) is 0 Å². The minimum atomic E-state index is -3.21. The highest BCUT2D eigenvalue weighted by Gasteiger charge is 2.26. The lowest BCUT2D eigenvalue weighted by molar-refractivity contribution is 0.278. The molecule has 0 aromatic heterocycles. The zero-order chi connectivity index (χ0) is 12.0. The van der Waals surface area contributed by atoms with Gasteiger partial charge in [-0.05, 0) is 25.2 Å². The standard InChI is InChI=1S/C11H24N2O2S/c1-3-4-5-8-12-16(14,15)13-9-6-7-11(2)10-13/h11-12H,3-10H2,1-2H3. The first-order chi connectivity index (χ1) is 7.56. The quantitative estimate of drug-likeness (QED) is 0.728. The zero-order valence-corrected chi connectivity index (χ0v) is 11.2. The van der Waals surface area contributed by atoms with E-state index in [0.29, 0.717) is 25.6 Å². The maximum atomic E-state index is 11.9. The Hall–Kier alpha value is -0.130. The Labute approximate surface area is 99.6 Å². The van der Waals surface area contributed by atoms with Gasteiger partial charge in [0, 0.05) is 19.6 Å². The van der Waals surface area contributed by atoms with E-state index in [-0.39, 0.29) is 0 Å². The van der Waals surface area contributed by atoms with Gasteiger partial charge >= 0.3 is 0 Å². The molecule has 0 saturated carbocycles. The molecule has 1 aliphatic heterocycles. The fraction of sp³-hybridized carbons (Fsp3) is 1.00. The van der Waals surface area contributed by atoms with E-state index in [1.807, 2.05) is 0 Å². The first kappa shape index (κ1) is 13.9. The smallest absolute Gasteiger partial charge is 0.202 e. The summed E-state index contributed by atoms with van der Waals surface area (Å²) in [6.07, 6.45) is 5.25. The lowest BCUT2D eigenvalue weighted by Gasteiger charge is -2.29. The summed E-state index contributed by atoms with van der Waals surface area (Å²) in [5.41, 5.74) is 0. The van der Waals surface area contributed by atoms with Crippen LogP contribution in [0.5, 0.6) is 0 Å². The van der Waals surface area contributed by atoms with Crippen molar-refractivity contribution in [2.45, 2.75) is 46.0 Å². The molecule has 0 aromatic rings. The fourth-order valence-corrected chi connectivity index (χ4v) is 3.44. The maximum Gasteiger partial charge on any atom is 0.279 e. The second kappa shape index (κ2) is 6.57. The van der Waals surface area contributed by atoms with E-state index in [9.17, 15) is 8.42 Å². The minimum Gasteiger partial charge on any atom is -0.202 e. The van der Waals surface area contributed by atoms with E-state index in [1.54, 1.807) is 4.31 Å². The van der Waals surface area contributed by atoms with Crippen LogP contribution < -0.4 is 4.72 Å². The predicted molar refractivity (Wildman–Crippen MR) is 66.4 cm³/mol. The Morgan fingerprint density at radius 1 is 1.38 bits per heavy atom. The molecule has 1 saturated heterocycles. The van der Waals surface area contributed by atoms with Gasteiger partial charge in [-0.2, -0.15) is 12.7 Å². The molecule has 0 radical (unpaired) electrons. The van der Waals surface area contributed by atoms with Crippen LogP contribution in [0.2, 0.25) is 0 Å². The van der Waals surface area contributed by atoms with Gasteiger partial charge in [0.2, 0.25) is 0 Å². The Kier molecular flexibility index (Phi) is 5.72. The van der Waals surface area contributed by atoms with Crippen molar-refractivity contribution in [2.24, 2.45) is 5.92 Å². The lowest BCUT2D eigenvalue weighted by atomic mass is 10.0. The molecule has 1 fully saturated rings. The van der Waals surface area contributed by atoms with Crippen LogP contribution in [0.4, 0.5) is 0 Å². The molecule has 0 bridgehead atoms. The van der Waals surface area contributed by atoms with Crippen LogP contribution >= 0.6 is 0 Å². The van der Waals surface area contributed by atoms with Crippen molar-refractivity contribution in [2.75, 3.05) is 19.6 Å². The summed E-state index contributed by atoms with van der Waals surface area (Å²) in [6.45, 7) is 6.14. The third-order valence-corrected chi connectivity index (χ3v) is 4.60. The molecule has 0 spiro atoms. The molecule has 1 atom stereocenters. The molecule has 1 rings (SSSR count). The fourth-order valence-electron chi connectivity index (χ4n) is 2.03. The van der Waals surface area contributed by atoms with Gasteiger partial charge in [-0.1, -0.05) is 26.7 Å². The van der Waals surface area contributed by atoms with Crippen LogP contribution in [0.25, 0.3) is 0 Å². The van der Waals surface area contributed by atoms with Crippen LogP contribution in [0.1, 0.15) is 46.0 Å². The monoisotopic (exact) mass is 248 g/mol. The van der Waals surface area contributed by atoms with Crippen molar-refractivity contribution in [3.8, 4) is 0 Å². The van der Waals surface area contributed by atoms with Crippen LogP contribution in [-0.2, 0) is 10.2 Å². The third kappa shape index (κ3) is 4.39. The van der Waals surface area contributed by atoms with E-state index in [2.05, 4.69) is 18.6 Å². The minimum absolute atomic E-state index is 0.487. The second-order valence-electron chi connectivity index (χ2n) is 4.71. The average Bonchev–Trinajstić information content (AvgIpc) is 2.24. The van der Waals surface area contributed by atoms with E-state index in [4.69, 9.17) is 0 Å². The number of piperidine rings is 1. The molecule has 0 aromatic carbocycles. The highest BCUT2D eigenvalue weighted by molar-refractivity contribution is 7.87. The average molecular weight is 248 g/mol. The topological polar surface area (TPSA) is 49.4 Å². The van der Waals surface area contributed by atoms with E-state index >= 15 is 0 Å². The van der Waals surface area contributed by atoms with Crippen LogP contribution in [0.3, 0.4) is 0 Å². The van der Waals surface area contributed by atoms with Gasteiger partial charge < -0.3 is 0 Å². The van der Waals surface area contributed by atoms with Gasteiger partial charge in [0.05, 0.1) is 0 Å². The summed E-state index contributed by atoms with van der Waals surface area (Å²) in [5.74, 6) is 0.487. The van der Waals surface area contributed by atoms with Crippen molar-refractivity contribution in [3.05, 3.63) is 0 Å². The van der Waals surface area contributed by atoms with Crippen LogP contribution in [-0.4, -0.2) is 32.4 Å². The van der Waals surface area contributed by atoms with Crippen molar-refractivity contribution in [1.29, 1.82) is 0 Å². The number of hydrogen-bond acceptors (Lipinski definition) is 2. The molecule has 1 N–H and O–H groups in total. The lowest BCUT2D eigenvalue weighted by Crippen LogP contribution is -2.45. The molecule has 96 valence electrons. The molecule has 16 heavy (non-hydrogen) atoms. The molecule has 4 nitrogen and oxygen atoms in total. The van der Waals surface area contributed by atoms with Gasteiger partial charge in [0.15, 0.2) is 0 Å². The number of nitrogens with zero attached hydrogens (tertiary/aromatic N) is 1. The molecule has 1 unspecified atom stereocenters. The van der Waals surface area contributed by atoms with E-state index in [1.165, 1.54) is 0 Å². The molecule has 0 aliphatic carbocycles.